The van der Waals surface area contributed by atoms with E-state index in [1.807, 2.05) is 30.3 Å². The minimum atomic E-state index is -0.746. The maximum atomic E-state index is 9.44. The fourth-order valence-electron chi connectivity index (χ4n) is 2.09. The summed E-state index contributed by atoms with van der Waals surface area (Å²) in [4.78, 5) is 4.96. The molecule has 3 heteroatoms. The quantitative estimate of drug-likeness (QED) is 0.848. The predicted molar refractivity (Wildman–Crippen MR) is 63.1 cm³/mol. The summed E-state index contributed by atoms with van der Waals surface area (Å²) in [6.07, 6.45) is 2.02. The second kappa shape index (κ2) is 5.12. The molecule has 0 amide bonds. The van der Waals surface area contributed by atoms with Crippen molar-refractivity contribution in [1.29, 1.82) is 0 Å². The maximum absolute atomic E-state index is 9.44. The summed E-state index contributed by atoms with van der Waals surface area (Å²) in [5, 5.41) is 13.5. The highest BCUT2D eigenvalue weighted by Crippen LogP contribution is 2.25. The molecule has 86 valence electrons. The molecule has 1 heterocycles. The monoisotopic (exact) mass is 219 g/mol. The van der Waals surface area contributed by atoms with E-state index in [2.05, 4.69) is 12.1 Å². The van der Waals surface area contributed by atoms with Gasteiger partial charge in [-0.05, 0) is 12.0 Å². The van der Waals surface area contributed by atoms with Crippen molar-refractivity contribution in [2.75, 3.05) is 0 Å². The molecule has 0 spiro atoms. The number of aliphatic hydroxyl groups is 1. The molecule has 1 N–H and O–H groups in total. The van der Waals surface area contributed by atoms with Gasteiger partial charge in [0.2, 0.25) is 6.29 Å². The van der Waals surface area contributed by atoms with Crippen molar-refractivity contribution in [3.63, 3.8) is 0 Å². The number of hydrogen-bond donors (Lipinski definition) is 1. The van der Waals surface area contributed by atoms with Gasteiger partial charge in [-0.2, -0.15) is 0 Å². The summed E-state index contributed by atoms with van der Waals surface area (Å²) >= 11 is 0. The second-order valence-corrected chi connectivity index (χ2v) is 4.12. The lowest BCUT2D eigenvalue weighted by Gasteiger charge is -2.25. The molecule has 16 heavy (non-hydrogen) atoms. The molecule has 0 saturated carbocycles. The molecule has 3 nitrogen and oxygen atoms in total. The molecule has 1 aliphatic rings. The van der Waals surface area contributed by atoms with E-state index in [9.17, 15) is 5.11 Å². The highest BCUT2D eigenvalue weighted by atomic mass is 16.7. The van der Waals surface area contributed by atoms with Crippen molar-refractivity contribution >= 4 is 5.71 Å². The highest BCUT2D eigenvalue weighted by molar-refractivity contribution is 6.02. The molecule has 2 atom stereocenters. The Hall–Kier alpha value is -1.35. The molecule has 0 aromatic heterocycles. The van der Waals surface area contributed by atoms with E-state index in [1.54, 1.807) is 0 Å². The predicted octanol–water partition coefficient (Wildman–Crippen LogP) is 2.55. The summed E-state index contributed by atoms with van der Waals surface area (Å²) in [6.45, 7) is 2.14. The van der Waals surface area contributed by atoms with Crippen LogP contribution in [0.4, 0.5) is 0 Å². The Morgan fingerprint density at radius 1 is 1.38 bits per heavy atom. The van der Waals surface area contributed by atoms with Crippen molar-refractivity contribution in [2.24, 2.45) is 11.1 Å². The lowest BCUT2D eigenvalue weighted by molar-refractivity contribution is -0.116. The molecule has 0 aliphatic carbocycles. The van der Waals surface area contributed by atoms with Crippen LogP contribution in [0.1, 0.15) is 31.7 Å². The van der Waals surface area contributed by atoms with Gasteiger partial charge in [0.1, 0.15) is 0 Å². The first kappa shape index (κ1) is 11.1. The molecule has 2 rings (SSSR count). The molecular weight excluding hydrogens is 202 g/mol. The molecule has 0 radical (unpaired) electrons. The van der Waals surface area contributed by atoms with Gasteiger partial charge < -0.3 is 9.94 Å². The molecule has 1 unspecified atom stereocenters. The molecule has 1 aliphatic heterocycles. The van der Waals surface area contributed by atoms with Gasteiger partial charge in [0, 0.05) is 12.3 Å². The first-order valence-electron chi connectivity index (χ1n) is 5.78. The van der Waals surface area contributed by atoms with Crippen LogP contribution in [-0.2, 0) is 4.84 Å². The average molecular weight is 219 g/mol. The number of rotatable bonds is 3. The lowest BCUT2D eigenvalue weighted by atomic mass is 9.89. The topological polar surface area (TPSA) is 41.8 Å². The van der Waals surface area contributed by atoms with Gasteiger partial charge >= 0.3 is 0 Å². The van der Waals surface area contributed by atoms with Crippen LogP contribution >= 0.6 is 0 Å². The van der Waals surface area contributed by atoms with E-state index in [4.69, 9.17) is 4.84 Å². The Morgan fingerprint density at radius 2 is 2.12 bits per heavy atom. The largest absolute Gasteiger partial charge is 0.364 e. The van der Waals surface area contributed by atoms with E-state index in [-0.39, 0.29) is 0 Å². The van der Waals surface area contributed by atoms with Gasteiger partial charge in [0.05, 0.1) is 5.71 Å². The number of hydrogen-bond acceptors (Lipinski definition) is 3. The van der Waals surface area contributed by atoms with E-state index >= 15 is 0 Å². The standard InChI is InChI=1S/C13H17NO2/c1-2-6-11-9-12(15)16-14-13(11)10-7-4-3-5-8-10/h3-5,7-8,11-12,15H,2,6,9H2,1H3/t11-,12?/m1/s1. The third-order valence-corrected chi connectivity index (χ3v) is 2.85. The molecule has 1 aromatic rings. The average Bonchev–Trinajstić information content (AvgIpc) is 2.31. The van der Waals surface area contributed by atoms with E-state index in [1.165, 1.54) is 0 Å². The van der Waals surface area contributed by atoms with Gasteiger partial charge in [-0.1, -0.05) is 48.8 Å². The summed E-state index contributed by atoms with van der Waals surface area (Å²) < 4.78 is 0. The Labute approximate surface area is 95.7 Å². The number of aliphatic hydroxyl groups excluding tert-OH is 1. The van der Waals surface area contributed by atoms with Crippen molar-refractivity contribution < 1.29 is 9.94 Å². The van der Waals surface area contributed by atoms with Gasteiger partial charge in [0.25, 0.3) is 0 Å². The van der Waals surface area contributed by atoms with Crippen molar-refractivity contribution in [2.45, 2.75) is 32.5 Å². The first-order chi connectivity index (χ1) is 7.81. The van der Waals surface area contributed by atoms with Crippen LogP contribution in [0, 0.1) is 5.92 Å². The Balaban J connectivity index is 2.23. The maximum Gasteiger partial charge on any atom is 0.225 e. The van der Waals surface area contributed by atoms with E-state index in [0.29, 0.717) is 12.3 Å². The Bertz CT molecular complexity index is 361. The minimum Gasteiger partial charge on any atom is -0.364 e. The highest BCUT2D eigenvalue weighted by Gasteiger charge is 2.26. The zero-order valence-electron chi connectivity index (χ0n) is 9.47. The Morgan fingerprint density at radius 3 is 2.81 bits per heavy atom. The third-order valence-electron chi connectivity index (χ3n) is 2.85. The van der Waals surface area contributed by atoms with Crippen LogP contribution in [0.25, 0.3) is 0 Å². The molecule has 0 saturated heterocycles. The van der Waals surface area contributed by atoms with Crippen LogP contribution in [0.15, 0.2) is 35.5 Å². The molecule has 0 fully saturated rings. The minimum absolute atomic E-state index is 0.302. The smallest absolute Gasteiger partial charge is 0.225 e. The van der Waals surface area contributed by atoms with Crippen molar-refractivity contribution in [3.05, 3.63) is 35.9 Å². The van der Waals surface area contributed by atoms with Crippen molar-refractivity contribution in [1.82, 2.24) is 0 Å². The Kier molecular flexibility index (Phi) is 3.57. The second-order valence-electron chi connectivity index (χ2n) is 4.12. The molecular formula is C13H17NO2. The van der Waals surface area contributed by atoms with Crippen molar-refractivity contribution in [3.8, 4) is 0 Å². The van der Waals surface area contributed by atoms with E-state index < -0.39 is 6.29 Å². The zero-order valence-corrected chi connectivity index (χ0v) is 9.47. The van der Waals surface area contributed by atoms with Crippen LogP contribution < -0.4 is 0 Å². The summed E-state index contributed by atoms with van der Waals surface area (Å²) in [5.41, 5.74) is 2.06. The fourth-order valence-corrected chi connectivity index (χ4v) is 2.09. The van der Waals surface area contributed by atoms with Crippen LogP contribution in [-0.4, -0.2) is 17.1 Å². The summed E-state index contributed by atoms with van der Waals surface area (Å²) in [6, 6.07) is 10.0. The summed E-state index contributed by atoms with van der Waals surface area (Å²) in [5.74, 6) is 0.302. The van der Waals surface area contributed by atoms with Crippen LogP contribution in [0.3, 0.4) is 0 Å². The lowest BCUT2D eigenvalue weighted by Crippen LogP contribution is -2.28. The fraction of sp³-hybridized carbons (Fsp3) is 0.462. The SMILES string of the molecule is CCC[C@@H]1CC(O)ON=C1c1ccccc1. The molecule has 1 aromatic carbocycles. The van der Waals surface area contributed by atoms with Gasteiger partial charge in [0.15, 0.2) is 0 Å². The van der Waals surface area contributed by atoms with Crippen LogP contribution in [0.2, 0.25) is 0 Å². The van der Waals surface area contributed by atoms with E-state index in [0.717, 1.165) is 24.1 Å². The number of oxime groups is 1. The first-order valence-corrected chi connectivity index (χ1v) is 5.78. The van der Waals surface area contributed by atoms with Crippen LogP contribution in [0.5, 0.6) is 0 Å². The molecule has 0 bridgehead atoms. The summed E-state index contributed by atoms with van der Waals surface area (Å²) in [7, 11) is 0. The van der Waals surface area contributed by atoms with Gasteiger partial charge in [-0.15, -0.1) is 0 Å². The number of nitrogens with zero attached hydrogens (tertiary/aromatic N) is 1. The van der Waals surface area contributed by atoms with Gasteiger partial charge in [-0.25, -0.2) is 0 Å². The third kappa shape index (κ3) is 2.42. The zero-order chi connectivity index (χ0) is 11.4. The number of benzene rings is 1. The van der Waals surface area contributed by atoms with Gasteiger partial charge in [-0.3, -0.25) is 0 Å². The normalized spacial score (nSPS) is 24.8.